The first-order chi connectivity index (χ1) is 16.4. The maximum atomic E-state index is 12.7. The first-order valence-corrected chi connectivity index (χ1v) is 11.4. The van der Waals surface area contributed by atoms with Crippen LogP contribution in [0.3, 0.4) is 0 Å². The third-order valence-corrected chi connectivity index (χ3v) is 6.23. The molecule has 198 valence electrons. The van der Waals surface area contributed by atoms with Gasteiger partial charge in [0.25, 0.3) is 6.10 Å². The molecule has 2 aliphatic rings. The highest BCUT2D eigenvalue weighted by atomic mass is 35.5. The van der Waals surface area contributed by atoms with E-state index in [-0.39, 0.29) is 26.2 Å². The predicted molar refractivity (Wildman–Crippen MR) is 115 cm³/mol. The van der Waals surface area contributed by atoms with Gasteiger partial charge >= 0.3 is 18.4 Å². The first kappa shape index (κ1) is 27.6. The number of rotatable bonds is 6. The van der Waals surface area contributed by atoms with Crippen LogP contribution in [-0.2, 0) is 11.3 Å². The molecular formula is C21H26ClF7N4O2. The van der Waals surface area contributed by atoms with Crippen molar-refractivity contribution in [3.8, 4) is 0 Å². The van der Waals surface area contributed by atoms with Gasteiger partial charge in [0, 0.05) is 76.2 Å². The van der Waals surface area contributed by atoms with Gasteiger partial charge in [-0.2, -0.15) is 26.3 Å². The van der Waals surface area contributed by atoms with Gasteiger partial charge < -0.3 is 14.5 Å². The molecule has 1 amide bonds. The molecule has 6 nitrogen and oxygen atoms in total. The summed E-state index contributed by atoms with van der Waals surface area (Å²) < 4.78 is 92.4. The number of carbonyl (C=O) groups excluding carboxylic acids is 1. The maximum absolute atomic E-state index is 12.7. The Labute approximate surface area is 203 Å². The Hall–Kier alpha value is -1.99. The van der Waals surface area contributed by atoms with Crippen LogP contribution >= 0.6 is 11.6 Å². The number of piperazine rings is 2. The van der Waals surface area contributed by atoms with Crippen molar-refractivity contribution in [1.82, 2.24) is 14.7 Å². The van der Waals surface area contributed by atoms with Crippen molar-refractivity contribution in [1.29, 1.82) is 0 Å². The van der Waals surface area contributed by atoms with E-state index in [0.717, 1.165) is 16.2 Å². The van der Waals surface area contributed by atoms with Crippen LogP contribution in [0, 0.1) is 0 Å². The standard InChI is InChI=1S/C21H26ClF7N4O2/c22-16-2-1-15(17(13-16)32-9-5-30(4-3-23)6-10-32)14-31-7-11-33(12-8-31)19(34)35-18(20(24,25)26)21(27,28)29/h1-2,13,18H,3-12,14H2/i23-1. The first-order valence-electron chi connectivity index (χ1n) is 11.0. The van der Waals surface area contributed by atoms with Gasteiger partial charge in [0.1, 0.15) is 6.67 Å². The molecule has 0 aromatic heterocycles. The third-order valence-electron chi connectivity index (χ3n) is 6.00. The van der Waals surface area contributed by atoms with E-state index in [2.05, 4.69) is 9.64 Å². The van der Waals surface area contributed by atoms with Gasteiger partial charge in [-0.25, -0.2) is 9.18 Å². The molecule has 3 rings (SSSR count). The van der Waals surface area contributed by atoms with Crippen LogP contribution in [0.2, 0.25) is 5.02 Å². The van der Waals surface area contributed by atoms with E-state index in [1.807, 2.05) is 21.9 Å². The number of hydrogen-bond acceptors (Lipinski definition) is 5. The molecule has 0 atom stereocenters. The number of anilines is 1. The SMILES string of the molecule is O=C(OC(C(F)(F)F)C(F)(F)F)N1CCN(Cc2ccc(Cl)cc2N2CCN(CC[18F])CC2)CC1. The number of amides is 1. The molecule has 2 aliphatic heterocycles. The second-order valence-corrected chi connectivity index (χ2v) is 8.84. The summed E-state index contributed by atoms with van der Waals surface area (Å²) >= 11 is 6.20. The monoisotopic (exact) mass is 533 g/mol. The fourth-order valence-corrected chi connectivity index (χ4v) is 4.29. The summed E-state index contributed by atoms with van der Waals surface area (Å²) in [7, 11) is 0. The summed E-state index contributed by atoms with van der Waals surface area (Å²) in [6.07, 6.45) is -17.3. The highest BCUT2D eigenvalue weighted by Gasteiger charge is 2.60. The summed E-state index contributed by atoms with van der Waals surface area (Å²) in [5.41, 5.74) is 1.86. The molecule has 14 heteroatoms. The van der Waals surface area contributed by atoms with Gasteiger partial charge in [0.15, 0.2) is 0 Å². The van der Waals surface area contributed by atoms with Gasteiger partial charge in [-0.15, -0.1) is 0 Å². The number of ether oxygens (including phenoxy) is 1. The van der Waals surface area contributed by atoms with Crippen molar-refractivity contribution < 1.29 is 40.3 Å². The molecule has 0 spiro atoms. The van der Waals surface area contributed by atoms with Gasteiger partial charge in [-0.05, 0) is 17.7 Å². The van der Waals surface area contributed by atoms with E-state index < -0.39 is 31.2 Å². The van der Waals surface area contributed by atoms with Gasteiger partial charge in [0.2, 0.25) is 0 Å². The average Bonchev–Trinajstić information content (AvgIpc) is 2.78. The van der Waals surface area contributed by atoms with Crippen molar-refractivity contribution in [2.75, 3.05) is 70.5 Å². The zero-order chi connectivity index (χ0) is 25.8. The highest BCUT2D eigenvalue weighted by Crippen LogP contribution is 2.36. The fraction of sp³-hybridized carbons (Fsp3) is 0.667. The zero-order valence-corrected chi connectivity index (χ0v) is 19.5. The molecule has 0 bridgehead atoms. The molecule has 0 aliphatic carbocycles. The zero-order valence-electron chi connectivity index (χ0n) is 18.7. The van der Waals surface area contributed by atoms with Crippen molar-refractivity contribution in [3.05, 3.63) is 28.8 Å². The van der Waals surface area contributed by atoms with E-state index in [1.54, 1.807) is 6.07 Å². The lowest BCUT2D eigenvalue weighted by molar-refractivity contribution is -0.308. The highest BCUT2D eigenvalue weighted by molar-refractivity contribution is 6.30. The van der Waals surface area contributed by atoms with Gasteiger partial charge in [0.05, 0.1) is 0 Å². The Morgan fingerprint density at radius 1 is 0.914 bits per heavy atom. The summed E-state index contributed by atoms with van der Waals surface area (Å²) in [5, 5.41) is 0.548. The van der Waals surface area contributed by atoms with E-state index >= 15 is 0 Å². The van der Waals surface area contributed by atoms with Gasteiger partial charge in [-0.3, -0.25) is 9.80 Å². The Morgan fingerprint density at radius 2 is 1.49 bits per heavy atom. The molecule has 1 aromatic carbocycles. The lowest BCUT2D eigenvalue weighted by atomic mass is 10.1. The summed E-state index contributed by atoms with van der Waals surface area (Å²) in [4.78, 5) is 18.9. The lowest BCUT2D eigenvalue weighted by Gasteiger charge is -2.38. The van der Waals surface area contributed by atoms with E-state index in [0.29, 0.717) is 44.3 Å². The van der Waals surface area contributed by atoms with Gasteiger partial charge in [-0.1, -0.05) is 17.7 Å². The fourth-order valence-electron chi connectivity index (χ4n) is 4.12. The molecule has 0 radical (unpaired) electrons. The van der Waals surface area contributed by atoms with Crippen LogP contribution in [0.1, 0.15) is 5.56 Å². The number of nitrogens with zero attached hydrogens (tertiary/aromatic N) is 4. The average molecular weight is 534 g/mol. The number of benzene rings is 1. The van der Waals surface area contributed by atoms with Crippen molar-refractivity contribution in [2.24, 2.45) is 0 Å². The molecule has 2 saturated heterocycles. The third kappa shape index (κ3) is 7.50. The second-order valence-electron chi connectivity index (χ2n) is 8.40. The Kier molecular flexibility index (Phi) is 8.97. The van der Waals surface area contributed by atoms with Crippen molar-refractivity contribution >= 4 is 23.4 Å². The number of alkyl halides is 7. The molecule has 2 heterocycles. The number of carbonyl (C=O) groups is 1. The molecule has 0 saturated carbocycles. The van der Waals surface area contributed by atoms with Crippen LogP contribution in [0.15, 0.2) is 18.2 Å². The maximum Gasteiger partial charge on any atom is 0.434 e. The minimum absolute atomic E-state index is 0.0773. The topological polar surface area (TPSA) is 39.3 Å². The molecular weight excluding hydrogens is 508 g/mol. The Balaban J connectivity index is 1.58. The van der Waals surface area contributed by atoms with Crippen LogP contribution < -0.4 is 4.90 Å². The normalized spacial score (nSPS) is 18.9. The number of hydrogen-bond donors (Lipinski definition) is 0. The molecule has 1 aromatic rings. The van der Waals surface area contributed by atoms with Crippen molar-refractivity contribution in [3.63, 3.8) is 0 Å². The summed E-state index contributed by atoms with van der Waals surface area (Å²) in [6, 6.07) is 5.44. The lowest BCUT2D eigenvalue weighted by Crippen LogP contribution is -2.52. The molecule has 2 fully saturated rings. The van der Waals surface area contributed by atoms with Crippen LogP contribution in [0.25, 0.3) is 0 Å². The van der Waals surface area contributed by atoms with Crippen LogP contribution in [0.4, 0.5) is 41.2 Å². The molecule has 35 heavy (non-hydrogen) atoms. The minimum Gasteiger partial charge on any atom is -0.426 e. The van der Waals surface area contributed by atoms with E-state index in [1.165, 1.54) is 0 Å². The minimum atomic E-state index is -5.75. The Morgan fingerprint density at radius 3 is 2.03 bits per heavy atom. The second kappa shape index (κ2) is 11.4. The molecule has 0 N–H and O–H groups in total. The summed E-state index contributed by atoms with van der Waals surface area (Å²) in [5.74, 6) is 0. The quantitative estimate of drug-likeness (QED) is 0.513. The van der Waals surface area contributed by atoms with E-state index in [9.17, 15) is 35.5 Å². The smallest absolute Gasteiger partial charge is 0.426 e. The van der Waals surface area contributed by atoms with E-state index in [4.69, 9.17) is 11.6 Å². The predicted octanol–water partition coefficient (Wildman–Crippen LogP) is 4.18. The Bertz CT molecular complexity index is 841. The van der Waals surface area contributed by atoms with Crippen LogP contribution in [0.5, 0.6) is 0 Å². The van der Waals surface area contributed by atoms with Crippen LogP contribution in [-0.4, -0.2) is 105 Å². The molecule has 0 unspecified atom stereocenters. The number of halogens is 8. The largest absolute Gasteiger partial charge is 0.434 e. The summed E-state index contributed by atoms with van der Waals surface area (Å²) in [6.45, 7) is 3.53. The van der Waals surface area contributed by atoms with Crippen molar-refractivity contribution in [2.45, 2.75) is 25.0 Å².